The van der Waals surface area contributed by atoms with Gasteiger partial charge in [0.2, 0.25) is 5.91 Å². The van der Waals surface area contributed by atoms with E-state index < -0.39 is 17.4 Å². The molecule has 1 aliphatic heterocycles. The summed E-state index contributed by atoms with van der Waals surface area (Å²) in [5, 5.41) is 11.7. The monoisotopic (exact) mass is 259 g/mol. The van der Waals surface area contributed by atoms with Gasteiger partial charge in [0.1, 0.15) is 6.04 Å². The Bertz CT molecular complexity index is 293. The van der Waals surface area contributed by atoms with Gasteiger partial charge in [-0.15, -0.1) is 11.8 Å². The average Bonchev–Trinajstić information content (AvgIpc) is 2.24. The van der Waals surface area contributed by atoms with Crippen molar-refractivity contribution in [2.24, 2.45) is 5.41 Å². The Morgan fingerprint density at radius 3 is 2.41 bits per heavy atom. The van der Waals surface area contributed by atoms with Crippen molar-refractivity contribution in [3.8, 4) is 0 Å². The first-order chi connectivity index (χ1) is 7.82. The smallest absolute Gasteiger partial charge is 0.326 e. The predicted octanol–water partition coefficient (Wildman–Crippen LogP) is 1.89. The fourth-order valence-electron chi connectivity index (χ4n) is 1.83. The Morgan fingerprint density at radius 2 is 2.00 bits per heavy atom. The highest BCUT2D eigenvalue weighted by Gasteiger charge is 2.34. The van der Waals surface area contributed by atoms with Gasteiger partial charge in [-0.25, -0.2) is 4.79 Å². The topological polar surface area (TPSA) is 66.4 Å². The molecule has 0 spiro atoms. The molecule has 0 saturated carbocycles. The number of carboxylic acid groups (broad SMARTS) is 1. The second kappa shape index (κ2) is 5.76. The third-order valence-corrected chi connectivity index (χ3v) is 4.25. The van der Waals surface area contributed by atoms with Crippen molar-refractivity contribution in [1.29, 1.82) is 0 Å². The number of nitrogens with one attached hydrogen (secondary N) is 1. The van der Waals surface area contributed by atoms with E-state index in [1.54, 1.807) is 11.8 Å². The molecule has 0 bridgehead atoms. The zero-order valence-electron chi connectivity index (χ0n) is 10.7. The summed E-state index contributed by atoms with van der Waals surface area (Å²) in [4.78, 5) is 23.1. The highest BCUT2D eigenvalue weighted by Crippen LogP contribution is 2.26. The van der Waals surface area contributed by atoms with Crippen molar-refractivity contribution in [1.82, 2.24) is 5.32 Å². The normalized spacial score (nSPS) is 22.9. The Kier molecular flexibility index (Phi) is 4.86. The zero-order chi connectivity index (χ0) is 13.1. The molecule has 0 aromatic heterocycles. The molecule has 0 aromatic rings. The molecule has 0 radical (unpaired) electrons. The van der Waals surface area contributed by atoms with E-state index in [9.17, 15) is 9.59 Å². The summed E-state index contributed by atoms with van der Waals surface area (Å²) in [6, 6.07) is -0.822. The summed E-state index contributed by atoms with van der Waals surface area (Å²) in [5.41, 5.74) is -0.471. The molecule has 4 nitrogen and oxygen atoms in total. The molecule has 1 saturated heterocycles. The summed E-state index contributed by atoms with van der Waals surface area (Å²) >= 11 is 1.63. The second-order valence-electron chi connectivity index (χ2n) is 5.50. The molecule has 1 amide bonds. The van der Waals surface area contributed by atoms with Gasteiger partial charge in [-0.1, -0.05) is 27.2 Å². The minimum Gasteiger partial charge on any atom is -0.480 e. The number of hydrogen-bond donors (Lipinski definition) is 2. The Balaban J connectivity index is 2.60. The molecule has 2 atom stereocenters. The van der Waals surface area contributed by atoms with Crippen LogP contribution in [0.4, 0.5) is 0 Å². The number of rotatable bonds is 3. The van der Waals surface area contributed by atoms with Gasteiger partial charge in [0, 0.05) is 0 Å². The van der Waals surface area contributed by atoms with Crippen LogP contribution in [-0.2, 0) is 9.59 Å². The van der Waals surface area contributed by atoms with E-state index >= 15 is 0 Å². The standard InChI is InChI=1S/C12H21NO3S/c1-12(2,3)9(11(15)16)13-10(14)8-6-4-5-7-17-8/h8-9H,4-7H2,1-3H3,(H,13,14)(H,15,16). The molecule has 1 fully saturated rings. The first-order valence-electron chi connectivity index (χ1n) is 5.97. The maximum atomic E-state index is 12.0. The van der Waals surface area contributed by atoms with Crippen molar-refractivity contribution in [2.45, 2.75) is 51.3 Å². The van der Waals surface area contributed by atoms with Gasteiger partial charge in [0.15, 0.2) is 0 Å². The lowest BCUT2D eigenvalue weighted by Gasteiger charge is -2.30. The van der Waals surface area contributed by atoms with E-state index in [0.29, 0.717) is 0 Å². The Labute approximate surface area is 107 Å². The molecule has 98 valence electrons. The number of carbonyl (C=O) groups excluding carboxylic acids is 1. The fourth-order valence-corrected chi connectivity index (χ4v) is 3.04. The third-order valence-electron chi connectivity index (χ3n) is 2.87. The highest BCUT2D eigenvalue weighted by atomic mass is 32.2. The van der Waals surface area contributed by atoms with E-state index in [4.69, 9.17) is 5.11 Å². The Morgan fingerprint density at radius 1 is 1.35 bits per heavy atom. The lowest BCUT2D eigenvalue weighted by molar-refractivity contribution is -0.144. The average molecular weight is 259 g/mol. The molecule has 5 heteroatoms. The van der Waals surface area contributed by atoms with Crippen LogP contribution in [0.2, 0.25) is 0 Å². The predicted molar refractivity (Wildman–Crippen MR) is 69.1 cm³/mol. The number of thioether (sulfide) groups is 1. The molecule has 0 aromatic carbocycles. The zero-order valence-corrected chi connectivity index (χ0v) is 11.5. The molecule has 0 aliphatic carbocycles. The van der Waals surface area contributed by atoms with Gasteiger partial charge in [-0.05, 0) is 24.0 Å². The maximum Gasteiger partial charge on any atom is 0.326 e. The highest BCUT2D eigenvalue weighted by molar-refractivity contribution is 8.00. The van der Waals surface area contributed by atoms with Gasteiger partial charge >= 0.3 is 5.97 Å². The largest absolute Gasteiger partial charge is 0.480 e. The summed E-state index contributed by atoms with van der Waals surface area (Å²) in [7, 11) is 0. The maximum absolute atomic E-state index is 12.0. The first kappa shape index (κ1) is 14.4. The van der Waals surface area contributed by atoms with Crippen LogP contribution in [0.15, 0.2) is 0 Å². The van der Waals surface area contributed by atoms with Crippen molar-refractivity contribution in [2.75, 3.05) is 5.75 Å². The Hall–Kier alpha value is -0.710. The first-order valence-corrected chi connectivity index (χ1v) is 7.02. The van der Waals surface area contributed by atoms with Gasteiger partial charge in [-0.3, -0.25) is 4.79 Å². The van der Waals surface area contributed by atoms with E-state index in [-0.39, 0.29) is 11.2 Å². The quantitative estimate of drug-likeness (QED) is 0.812. The number of carbonyl (C=O) groups is 2. The molecule has 2 unspecified atom stereocenters. The molecule has 1 aliphatic rings. The molecule has 1 heterocycles. The van der Waals surface area contributed by atoms with Crippen LogP contribution in [0.3, 0.4) is 0 Å². The molecular weight excluding hydrogens is 238 g/mol. The van der Waals surface area contributed by atoms with Crippen molar-refractivity contribution in [3.63, 3.8) is 0 Å². The van der Waals surface area contributed by atoms with Crippen LogP contribution in [0.25, 0.3) is 0 Å². The minimum atomic E-state index is -0.966. The second-order valence-corrected chi connectivity index (χ2v) is 6.81. The number of hydrogen-bond acceptors (Lipinski definition) is 3. The summed E-state index contributed by atoms with van der Waals surface area (Å²) in [6.07, 6.45) is 3.06. The van der Waals surface area contributed by atoms with E-state index in [2.05, 4.69) is 5.32 Å². The van der Waals surface area contributed by atoms with E-state index in [1.165, 1.54) is 0 Å². The summed E-state index contributed by atoms with van der Waals surface area (Å²) in [6.45, 7) is 5.46. The number of carboxylic acids is 1. The van der Waals surface area contributed by atoms with Crippen LogP contribution in [0, 0.1) is 5.41 Å². The van der Waals surface area contributed by atoms with Gasteiger partial charge < -0.3 is 10.4 Å². The van der Waals surface area contributed by atoms with E-state index in [0.717, 1.165) is 25.0 Å². The fraction of sp³-hybridized carbons (Fsp3) is 0.833. The van der Waals surface area contributed by atoms with Gasteiger partial charge in [0.05, 0.1) is 5.25 Å². The van der Waals surface area contributed by atoms with Crippen LogP contribution in [0.1, 0.15) is 40.0 Å². The number of amides is 1. The number of aliphatic carboxylic acids is 1. The van der Waals surface area contributed by atoms with Crippen LogP contribution in [-0.4, -0.2) is 34.0 Å². The van der Waals surface area contributed by atoms with Gasteiger partial charge in [-0.2, -0.15) is 0 Å². The lowest BCUT2D eigenvalue weighted by Crippen LogP contribution is -2.51. The van der Waals surface area contributed by atoms with Crippen LogP contribution < -0.4 is 5.32 Å². The van der Waals surface area contributed by atoms with Crippen LogP contribution in [0.5, 0.6) is 0 Å². The van der Waals surface area contributed by atoms with Crippen molar-refractivity contribution >= 4 is 23.6 Å². The molecule has 2 N–H and O–H groups in total. The van der Waals surface area contributed by atoms with Crippen LogP contribution >= 0.6 is 11.8 Å². The van der Waals surface area contributed by atoms with E-state index in [1.807, 2.05) is 20.8 Å². The lowest BCUT2D eigenvalue weighted by atomic mass is 9.86. The summed E-state index contributed by atoms with van der Waals surface area (Å²) < 4.78 is 0. The van der Waals surface area contributed by atoms with Crippen molar-refractivity contribution < 1.29 is 14.7 Å². The molecule has 17 heavy (non-hydrogen) atoms. The summed E-state index contributed by atoms with van der Waals surface area (Å²) in [5.74, 6) is -0.102. The van der Waals surface area contributed by atoms with Crippen molar-refractivity contribution in [3.05, 3.63) is 0 Å². The van der Waals surface area contributed by atoms with Gasteiger partial charge in [0.25, 0.3) is 0 Å². The molecular formula is C12H21NO3S. The minimum absolute atomic E-state index is 0.0760. The third kappa shape index (κ3) is 4.22. The SMILES string of the molecule is CC(C)(C)C(NC(=O)C1CCCCS1)C(=O)O. The molecule has 1 rings (SSSR count).